The number of rotatable bonds is 4. The minimum absolute atomic E-state index is 0.00396. The number of carbonyl (C=O) groups excluding carboxylic acids is 1. The van der Waals surface area contributed by atoms with Crippen molar-refractivity contribution in [2.75, 3.05) is 7.05 Å². The van der Waals surface area contributed by atoms with Gasteiger partial charge in [0.1, 0.15) is 0 Å². The first-order valence-corrected chi connectivity index (χ1v) is 9.46. The standard InChI is InChI=1S/C22H22N4O2/c1-26(14-15-6-8-23-9-7-15)22(28)17-10-16(11-24-12-17)20-13-25-21(27)19-5-3-2-4-18(19)20/h6-13H,2-5,14H2,1H3,(H,25,27). The van der Waals surface area contributed by atoms with Crippen LogP contribution in [0, 0.1) is 0 Å². The van der Waals surface area contributed by atoms with E-state index in [0.29, 0.717) is 12.1 Å². The maximum absolute atomic E-state index is 12.9. The fourth-order valence-electron chi connectivity index (χ4n) is 3.78. The number of carbonyl (C=O) groups is 1. The van der Waals surface area contributed by atoms with Crippen molar-refractivity contribution in [3.8, 4) is 11.1 Å². The molecule has 1 aliphatic carbocycles. The molecule has 3 heterocycles. The first kappa shape index (κ1) is 18.1. The molecule has 0 atom stereocenters. The Balaban J connectivity index is 1.63. The summed E-state index contributed by atoms with van der Waals surface area (Å²) in [5.41, 5.74) is 5.33. The first-order valence-electron chi connectivity index (χ1n) is 9.46. The zero-order chi connectivity index (χ0) is 19.5. The molecule has 0 radical (unpaired) electrons. The third-order valence-electron chi connectivity index (χ3n) is 5.23. The number of fused-ring (bicyclic) bond motifs is 1. The zero-order valence-electron chi connectivity index (χ0n) is 15.8. The van der Waals surface area contributed by atoms with Crippen LogP contribution in [-0.2, 0) is 19.4 Å². The lowest BCUT2D eigenvalue weighted by molar-refractivity contribution is 0.0784. The average molecular weight is 374 g/mol. The van der Waals surface area contributed by atoms with Gasteiger partial charge in [0, 0.05) is 61.3 Å². The lowest BCUT2D eigenvalue weighted by Crippen LogP contribution is -2.26. The van der Waals surface area contributed by atoms with E-state index in [1.807, 2.05) is 18.2 Å². The molecule has 28 heavy (non-hydrogen) atoms. The summed E-state index contributed by atoms with van der Waals surface area (Å²) in [4.78, 5) is 37.8. The molecule has 142 valence electrons. The molecule has 6 heteroatoms. The van der Waals surface area contributed by atoms with E-state index in [-0.39, 0.29) is 11.5 Å². The molecule has 3 aromatic rings. The van der Waals surface area contributed by atoms with Gasteiger partial charge in [0.25, 0.3) is 11.5 Å². The Morgan fingerprint density at radius 3 is 2.64 bits per heavy atom. The fourth-order valence-corrected chi connectivity index (χ4v) is 3.78. The third-order valence-corrected chi connectivity index (χ3v) is 5.23. The summed E-state index contributed by atoms with van der Waals surface area (Å²) in [6.07, 6.45) is 12.3. The van der Waals surface area contributed by atoms with Crippen molar-refractivity contribution in [2.45, 2.75) is 32.2 Å². The molecule has 0 saturated heterocycles. The summed E-state index contributed by atoms with van der Waals surface area (Å²) in [5, 5.41) is 0. The van der Waals surface area contributed by atoms with Crippen LogP contribution >= 0.6 is 0 Å². The quantitative estimate of drug-likeness (QED) is 0.761. The van der Waals surface area contributed by atoms with Gasteiger partial charge in [-0.15, -0.1) is 0 Å². The molecule has 1 aliphatic rings. The summed E-state index contributed by atoms with van der Waals surface area (Å²) < 4.78 is 0. The van der Waals surface area contributed by atoms with E-state index in [1.165, 1.54) is 0 Å². The smallest absolute Gasteiger partial charge is 0.255 e. The van der Waals surface area contributed by atoms with E-state index in [4.69, 9.17) is 0 Å². The number of pyridine rings is 3. The number of aromatic nitrogens is 3. The number of nitrogens with zero attached hydrogens (tertiary/aromatic N) is 3. The summed E-state index contributed by atoms with van der Waals surface area (Å²) >= 11 is 0. The molecular formula is C22H22N4O2. The lowest BCUT2D eigenvalue weighted by Gasteiger charge is -2.20. The maximum atomic E-state index is 12.9. The van der Waals surface area contributed by atoms with Crippen LogP contribution in [0.3, 0.4) is 0 Å². The van der Waals surface area contributed by atoms with Crippen LogP contribution < -0.4 is 5.56 Å². The van der Waals surface area contributed by atoms with Gasteiger partial charge in [0.05, 0.1) is 5.56 Å². The highest BCUT2D eigenvalue weighted by molar-refractivity contribution is 5.95. The normalized spacial score (nSPS) is 13.0. The molecule has 1 N–H and O–H groups in total. The lowest BCUT2D eigenvalue weighted by atomic mass is 9.88. The molecule has 0 aromatic carbocycles. The Morgan fingerprint density at radius 1 is 1.11 bits per heavy atom. The number of nitrogens with one attached hydrogen (secondary N) is 1. The van der Waals surface area contributed by atoms with Gasteiger partial charge >= 0.3 is 0 Å². The van der Waals surface area contributed by atoms with Gasteiger partial charge in [-0.05, 0) is 55.0 Å². The fraction of sp³-hybridized carbons (Fsp3) is 0.273. The van der Waals surface area contributed by atoms with Crippen molar-refractivity contribution in [2.24, 2.45) is 0 Å². The van der Waals surface area contributed by atoms with Crippen LogP contribution in [0.15, 0.2) is 54.0 Å². The van der Waals surface area contributed by atoms with E-state index < -0.39 is 0 Å². The van der Waals surface area contributed by atoms with Crippen LogP contribution in [0.25, 0.3) is 11.1 Å². The van der Waals surface area contributed by atoms with E-state index in [1.54, 1.807) is 42.9 Å². The van der Waals surface area contributed by atoms with Gasteiger partial charge in [-0.25, -0.2) is 0 Å². The predicted octanol–water partition coefficient (Wildman–Crippen LogP) is 2.98. The zero-order valence-corrected chi connectivity index (χ0v) is 15.8. The second kappa shape index (κ2) is 7.76. The van der Waals surface area contributed by atoms with Crippen molar-refractivity contribution < 1.29 is 4.79 Å². The number of hydrogen-bond acceptors (Lipinski definition) is 4. The van der Waals surface area contributed by atoms with Gasteiger partial charge in [-0.2, -0.15) is 0 Å². The predicted molar refractivity (Wildman–Crippen MR) is 107 cm³/mol. The van der Waals surface area contributed by atoms with Crippen molar-refractivity contribution in [3.05, 3.63) is 81.8 Å². The Morgan fingerprint density at radius 2 is 1.86 bits per heavy atom. The molecule has 0 aliphatic heterocycles. The van der Waals surface area contributed by atoms with Crippen LogP contribution in [0.5, 0.6) is 0 Å². The highest BCUT2D eigenvalue weighted by atomic mass is 16.2. The molecule has 6 nitrogen and oxygen atoms in total. The van der Waals surface area contributed by atoms with Crippen LogP contribution in [-0.4, -0.2) is 32.8 Å². The van der Waals surface area contributed by atoms with Crippen molar-refractivity contribution >= 4 is 5.91 Å². The Kier molecular flexibility index (Phi) is 5.02. The highest BCUT2D eigenvalue weighted by Crippen LogP contribution is 2.29. The molecule has 4 rings (SSSR count). The SMILES string of the molecule is CN(Cc1ccncc1)C(=O)c1cncc(-c2c[nH]c(=O)c3c2CCCC3)c1. The van der Waals surface area contributed by atoms with E-state index in [9.17, 15) is 9.59 Å². The van der Waals surface area contributed by atoms with Crippen LogP contribution in [0.4, 0.5) is 0 Å². The molecule has 0 saturated carbocycles. The number of amides is 1. The summed E-state index contributed by atoms with van der Waals surface area (Å²) in [5.74, 6) is -0.0931. The second-order valence-electron chi connectivity index (χ2n) is 7.17. The molecule has 0 unspecified atom stereocenters. The maximum Gasteiger partial charge on any atom is 0.255 e. The van der Waals surface area contributed by atoms with Gasteiger partial charge in [0.2, 0.25) is 0 Å². The van der Waals surface area contributed by atoms with Gasteiger partial charge in [-0.1, -0.05) is 0 Å². The molecule has 0 spiro atoms. The molecular weight excluding hydrogens is 352 g/mol. The Labute approximate surface area is 163 Å². The summed E-state index contributed by atoms with van der Waals surface area (Å²) in [6.45, 7) is 0.500. The van der Waals surface area contributed by atoms with Crippen LogP contribution in [0.2, 0.25) is 0 Å². The summed E-state index contributed by atoms with van der Waals surface area (Å²) in [7, 11) is 1.78. The average Bonchev–Trinajstić information content (AvgIpc) is 2.74. The molecule has 1 amide bonds. The monoisotopic (exact) mass is 374 g/mol. The third kappa shape index (κ3) is 3.58. The Bertz CT molecular complexity index is 1060. The largest absolute Gasteiger partial charge is 0.337 e. The topological polar surface area (TPSA) is 79.0 Å². The molecule has 0 bridgehead atoms. The molecule has 0 fully saturated rings. The van der Waals surface area contributed by atoms with Gasteiger partial charge < -0.3 is 9.88 Å². The van der Waals surface area contributed by atoms with Gasteiger partial charge in [0.15, 0.2) is 0 Å². The van der Waals surface area contributed by atoms with Crippen molar-refractivity contribution in [1.82, 2.24) is 19.9 Å². The minimum atomic E-state index is -0.0931. The van der Waals surface area contributed by atoms with Crippen molar-refractivity contribution in [3.63, 3.8) is 0 Å². The van der Waals surface area contributed by atoms with E-state index in [0.717, 1.165) is 53.5 Å². The highest BCUT2D eigenvalue weighted by Gasteiger charge is 2.19. The van der Waals surface area contributed by atoms with Gasteiger partial charge in [-0.3, -0.25) is 19.6 Å². The van der Waals surface area contributed by atoms with E-state index in [2.05, 4.69) is 15.0 Å². The Hall–Kier alpha value is -3.28. The molecule has 3 aromatic heterocycles. The number of hydrogen-bond donors (Lipinski definition) is 1. The summed E-state index contributed by atoms with van der Waals surface area (Å²) in [6, 6.07) is 5.65. The minimum Gasteiger partial charge on any atom is -0.337 e. The van der Waals surface area contributed by atoms with E-state index >= 15 is 0 Å². The first-order chi connectivity index (χ1) is 13.6. The van der Waals surface area contributed by atoms with Crippen LogP contribution in [0.1, 0.15) is 39.9 Å². The second-order valence-corrected chi connectivity index (χ2v) is 7.17. The number of H-pyrrole nitrogens is 1. The number of aromatic amines is 1. The van der Waals surface area contributed by atoms with Crippen molar-refractivity contribution in [1.29, 1.82) is 0 Å².